The van der Waals surface area contributed by atoms with Gasteiger partial charge in [0, 0.05) is 0 Å². The van der Waals surface area contributed by atoms with Gasteiger partial charge < -0.3 is 9.47 Å². The Labute approximate surface area is 129 Å². The molecule has 0 aliphatic carbocycles. The Hall–Kier alpha value is -2.75. The third kappa shape index (κ3) is 2.33. The highest BCUT2D eigenvalue weighted by Crippen LogP contribution is 2.31. The number of hydrogen-bond acceptors (Lipinski definition) is 2. The SMILES string of the molecule is C=CC[n+]1c(-c2ccc(OC)c(OC)c2)[nH]c2ccccc21. The summed E-state index contributed by atoms with van der Waals surface area (Å²) in [5.74, 6) is 2.45. The van der Waals surface area contributed by atoms with Crippen LogP contribution in [-0.4, -0.2) is 19.2 Å². The molecule has 2 aromatic carbocycles. The molecule has 4 heteroatoms. The van der Waals surface area contributed by atoms with Crippen molar-refractivity contribution in [1.29, 1.82) is 0 Å². The van der Waals surface area contributed by atoms with Crippen molar-refractivity contribution in [1.82, 2.24) is 4.98 Å². The lowest BCUT2D eigenvalue weighted by Gasteiger charge is -2.08. The maximum absolute atomic E-state index is 5.40. The number of para-hydroxylation sites is 2. The van der Waals surface area contributed by atoms with E-state index in [-0.39, 0.29) is 0 Å². The topological polar surface area (TPSA) is 38.1 Å². The number of methoxy groups -OCH3 is 2. The Morgan fingerprint density at radius 1 is 1.09 bits per heavy atom. The number of aromatic amines is 1. The Morgan fingerprint density at radius 2 is 1.86 bits per heavy atom. The van der Waals surface area contributed by atoms with Crippen LogP contribution < -0.4 is 14.0 Å². The van der Waals surface area contributed by atoms with Gasteiger partial charge in [0.05, 0.1) is 19.8 Å². The highest BCUT2D eigenvalue weighted by Gasteiger charge is 2.20. The highest BCUT2D eigenvalue weighted by atomic mass is 16.5. The molecule has 22 heavy (non-hydrogen) atoms. The van der Waals surface area contributed by atoms with Crippen molar-refractivity contribution < 1.29 is 14.0 Å². The molecule has 1 N–H and O–H groups in total. The molecule has 0 fully saturated rings. The lowest BCUT2D eigenvalue weighted by atomic mass is 10.2. The molecule has 1 aromatic heterocycles. The number of aromatic nitrogens is 2. The van der Waals surface area contributed by atoms with Gasteiger partial charge in [-0.2, -0.15) is 0 Å². The Kier molecular flexibility index (Phi) is 3.83. The number of fused-ring (bicyclic) bond motifs is 1. The first-order valence-electron chi connectivity index (χ1n) is 7.12. The molecular weight excluding hydrogens is 276 g/mol. The third-order valence-corrected chi connectivity index (χ3v) is 3.69. The predicted octanol–water partition coefficient (Wildman–Crippen LogP) is 3.33. The second-order valence-electron chi connectivity index (χ2n) is 4.96. The van der Waals surface area contributed by atoms with Crippen LogP contribution in [0.25, 0.3) is 22.4 Å². The van der Waals surface area contributed by atoms with Crippen LogP contribution >= 0.6 is 0 Å². The van der Waals surface area contributed by atoms with Crippen molar-refractivity contribution in [2.24, 2.45) is 0 Å². The number of nitrogens with zero attached hydrogens (tertiary/aromatic N) is 1. The Morgan fingerprint density at radius 3 is 2.59 bits per heavy atom. The summed E-state index contributed by atoms with van der Waals surface area (Å²) in [6.45, 7) is 4.59. The number of nitrogens with one attached hydrogen (secondary N) is 1. The summed E-state index contributed by atoms with van der Waals surface area (Å²) in [5, 5.41) is 0. The molecule has 0 bridgehead atoms. The van der Waals surface area contributed by atoms with Gasteiger partial charge in [-0.05, 0) is 30.3 Å². The quantitative estimate of drug-likeness (QED) is 0.579. The van der Waals surface area contributed by atoms with Crippen LogP contribution in [0.4, 0.5) is 0 Å². The standard InChI is InChI=1S/C18H18N2O2/c1-4-11-20-15-8-6-5-7-14(15)19-18(20)13-9-10-16(21-2)17(12-13)22-3/h4-10,12H,1,11H2,2-3H3/p+1. The van der Waals surface area contributed by atoms with E-state index in [1.807, 2.05) is 36.4 Å². The molecule has 112 valence electrons. The summed E-state index contributed by atoms with van der Waals surface area (Å²) in [4.78, 5) is 3.47. The summed E-state index contributed by atoms with van der Waals surface area (Å²) < 4.78 is 12.9. The van der Waals surface area contributed by atoms with Crippen LogP contribution in [-0.2, 0) is 6.54 Å². The molecule has 0 spiro atoms. The minimum Gasteiger partial charge on any atom is -0.493 e. The van der Waals surface area contributed by atoms with Crippen LogP contribution in [0.3, 0.4) is 0 Å². The van der Waals surface area contributed by atoms with Crippen molar-refractivity contribution in [3.63, 3.8) is 0 Å². The summed E-state index contributed by atoms with van der Waals surface area (Å²) in [7, 11) is 3.28. The van der Waals surface area contributed by atoms with Gasteiger partial charge in [0.2, 0.25) is 0 Å². The first-order chi connectivity index (χ1) is 10.8. The number of allylic oxidation sites excluding steroid dienone is 1. The summed E-state index contributed by atoms with van der Waals surface area (Å²) in [6, 6.07) is 14.1. The van der Waals surface area contributed by atoms with Gasteiger partial charge in [-0.1, -0.05) is 24.8 Å². The summed E-state index contributed by atoms with van der Waals surface area (Å²) >= 11 is 0. The van der Waals surface area contributed by atoms with Gasteiger partial charge in [-0.15, -0.1) is 0 Å². The van der Waals surface area contributed by atoms with Gasteiger partial charge in [0.15, 0.2) is 22.5 Å². The predicted molar refractivity (Wildman–Crippen MR) is 87.2 cm³/mol. The second-order valence-corrected chi connectivity index (χ2v) is 4.96. The van der Waals surface area contributed by atoms with Gasteiger partial charge in [0.25, 0.3) is 5.82 Å². The van der Waals surface area contributed by atoms with Crippen LogP contribution in [0.1, 0.15) is 0 Å². The molecule has 0 unspecified atom stereocenters. The van der Waals surface area contributed by atoms with Crippen molar-refractivity contribution in [3.8, 4) is 22.9 Å². The van der Waals surface area contributed by atoms with E-state index in [1.165, 1.54) is 0 Å². The Bertz CT molecular complexity index is 821. The minimum atomic E-state index is 0.712. The maximum atomic E-state index is 5.40. The molecule has 3 rings (SSSR count). The number of benzene rings is 2. The second kappa shape index (κ2) is 5.93. The van der Waals surface area contributed by atoms with E-state index in [0.29, 0.717) is 5.75 Å². The van der Waals surface area contributed by atoms with Crippen molar-refractivity contribution in [2.45, 2.75) is 6.54 Å². The van der Waals surface area contributed by atoms with Crippen LogP contribution in [0.15, 0.2) is 55.1 Å². The molecule has 0 aliphatic rings. The monoisotopic (exact) mass is 295 g/mol. The summed E-state index contributed by atoms with van der Waals surface area (Å²) in [5.41, 5.74) is 3.28. The maximum Gasteiger partial charge on any atom is 0.288 e. The molecule has 0 aliphatic heterocycles. The number of H-pyrrole nitrogens is 1. The van der Waals surface area contributed by atoms with Gasteiger partial charge in [-0.3, -0.25) is 0 Å². The Balaban J connectivity index is 2.21. The van der Waals surface area contributed by atoms with E-state index in [9.17, 15) is 0 Å². The van der Waals surface area contributed by atoms with Crippen LogP contribution in [0, 0.1) is 0 Å². The van der Waals surface area contributed by atoms with Crippen molar-refractivity contribution >= 4 is 11.0 Å². The number of hydrogen-bond donors (Lipinski definition) is 1. The first kappa shape index (κ1) is 14.2. The van der Waals surface area contributed by atoms with E-state index < -0.39 is 0 Å². The van der Waals surface area contributed by atoms with Gasteiger partial charge in [-0.25, -0.2) is 9.55 Å². The van der Waals surface area contributed by atoms with Gasteiger partial charge >= 0.3 is 0 Å². The zero-order valence-corrected chi connectivity index (χ0v) is 12.8. The molecule has 0 amide bonds. The zero-order valence-electron chi connectivity index (χ0n) is 12.8. The fraction of sp³-hybridized carbons (Fsp3) is 0.167. The average molecular weight is 295 g/mol. The fourth-order valence-electron chi connectivity index (χ4n) is 2.66. The van der Waals surface area contributed by atoms with Gasteiger partial charge in [0.1, 0.15) is 6.54 Å². The third-order valence-electron chi connectivity index (χ3n) is 3.69. The average Bonchev–Trinajstić information content (AvgIpc) is 2.93. The van der Waals surface area contributed by atoms with Crippen LogP contribution in [0.5, 0.6) is 11.5 Å². The van der Waals surface area contributed by atoms with E-state index in [4.69, 9.17) is 9.47 Å². The molecule has 0 saturated carbocycles. The first-order valence-corrected chi connectivity index (χ1v) is 7.12. The number of imidazole rings is 1. The molecule has 0 saturated heterocycles. The fourth-order valence-corrected chi connectivity index (χ4v) is 2.66. The van der Waals surface area contributed by atoms with E-state index in [2.05, 4.69) is 28.3 Å². The van der Waals surface area contributed by atoms with E-state index >= 15 is 0 Å². The summed E-state index contributed by atoms with van der Waals surface area (Å²) in [6.07, 6.45) is 1.89. The molecular formula is C18H19N2O2+. The molecule has 0 atom stereocenters. The zero-order chi connectivity index (χ0) is 15.5. The minimum absolute atomic E-state index is 0.712. The highest BCUT2D eigenvalue weighted by molar-refractivity contribution is 5.75. The number of rotatable bonds is 5. The van der Waals surface area contributed by atoms with E-state index in [0.717, 1.165) is 34.7 Å². The largest absolute Gasteiger partial charge is 0.493 e. The van der Waals surface area contributed by atoms with E-state index in [1.54, 1.807) is 14.2 Å². The number of ether oxygens (including phenoxy) is 2. The molecule has 1 heterocycles. The van der Waals surface area contributed by atoms with Crippen molar-refractivity contribution in [3.05, 3.63) is 55.1 Å². The van der Waals surface area contributed by atoms with Crippen LogP contribution in [0.2, 0.25) is 0 Å². The smallest absolute Gasteiger partial charge is 0.288 e. The molecule has 3 aromatic rings. The molecule has 4 nitrogen and oxygen atoms in total. The van der Waals surface area contributed by atoms with Crippen molar-refractivity contribution in [2.75, 3.05) is 14.2 Å². The normalized spacial score (nSPS) is 10.6. The lowest BCUT2D eigenvalue weighted by molar-refractivity contribution is -0.649. The lowest BCUT2D eigenvalue weighted by Crippen LogP contribution is -2.33. The molecule has 0 radical (unpaired) electrons.